The molecule has 0 aliphatic rings. The Hall–Kier alpha value is -1.20. The monoisotopic (exact) mass is 278 g/mol. The highest BCUT2D eigenvalue weighted by Gasteiger charge is 2.16. The number of nitrogens with one attached hydrogen (secondary N) is 1. The van der Waals surface area contributed by atoms with Crippen molar-refractivity contribution in [3.8, 4) is 0 Å². The first-order valence-corrected chi connectivity index (χ1v) is 7.70. The fourth-order valence-corrected chi connectivity index (χ4v) is 3.11. The van der Waals surface area contributed by atoms with Crippen molar-refractivity contribution in [1.29, 1.82) is 0 Å². The largest absolute Gasteiger partial charge is 0.338 e. The predicted molar refractivity (Wildman–Crippen MR) is 79.4 cm³/mol. The summed E-state index contributed by atoms with van der Waals surface area (Å²) in [6.07, 6.45) is 7.07. The van der Waals surface area contributed by atoms with Gasteiger partial charge in [0.2, 0.25) is 0 Å². The smallest absolute Gasteiger partial charge is 0.108 e. The van der Waals surface area contributed by atoms with Gasteiger partial charge in [0.05, 0.1) is 11.2 Å². The van der Waals surface area contributed by atoms with E-state index in [2.05, 4.69) is 40.7 Å². The molecule has 1 unspecified atom stereocenters. The normalized spacial score (nSPS) is 12.8. The lowest BCUT2D eigenvalue weighted by molar-refractivity contribution is 0.495. The van der Waals surface area contributed by atoms with Crippen LogP contribution in [0, 0.1) is 6.92 Å². The highest BCUT2D eigenvalue weighted by molar-refractivity contribution is 7.09. The summed E-state index contributed by atoms with van der Waals surface area (Å²) < 4.78 is 2.09. The Labute approximate surface area is 118 Å². The molecule has 4 nitrogen and oxygen atoms in total. The van der Waals surface area contributed by atoms with Gasteiger partial charge in [-0.2, -0.15) is 0 Å². The maximum atomic E-state index is 4.39. The van der Waals surface area contributed by atoms with Gasteiger partial charge in [0.1, 0.15) is 5.82 Å². The second-order valence-electron chi connectivity index (χ2n) is 4.80. The first-order chi connectivity index (χ1) is 9.22. The summed E-state index contributed by atoms with van der Waals surface area (Å²) >= 11 is 1.75. The minimum absolute atomic E-state index is 0.393. The summed E-state index contributed by atoms with van der Waals surface area (Å²) in [6, 6.07) is 0.393. The molecule has 0 aliphatic heterocycles. The van der Waals surface area contributed by atoms with Crippen LogP contribution >= 0.6 is 11.3 Å². The fourth-order valence-electron chi connectivity index (χ4n) is 2.20. The molecule has 0 aliphatic carbocycles. The molecule has 2 aromatic rings. The molecule has 0 bridgehead atoms. The molecule has 2 aromatic heterocycles. The zero-order valence-corrected chi connectivity index (χ0v) is 12.7. The van der Waals surface area contributed by atoms with Gasteiger partial charge in [0.25, 0.3) is 0 Å². The Bertz CT molecular complexity index is 503. The van der Waals surface area contributed by atoms with Gasteiger partial charge in [0.15, 0.2) is 0 Å². The predicted octanol–water partition coefficient (Wildman–Crippen LogP) is 2.86. The van der Waals surface area contributed by atoms with Crippen LogP contribution in [0.15, 0.2) is 17.9 Å². The standard InChI is InChI=1S/C14H22N4S/c1-4-7-15-12(14-11(2)17-10-19-14)5-6-13-16-8-9-18(13)3/h8-10,12,15H,4-7H2,1-3H3. The van der Waals surface area contributed by atoms with E-state index in [1.165, 1.54) is 4.88 Å². The van der Waals surface area contributed by atoms with Crippen molar-refractivity contribution in [3.63, 3.8) is 0 Å². The molecule has 5 heteroatoms. The zero-order valence-electron chi connectivity index (χ0n) is 11.9. The van der Waals surface area contributed by atoms with Crippen molar-refractivity contribution in [2.45, 2.75) is 39.2 Å². The van der Waals surface area contributed by atoms with Crippen LogP contribution in [-0.4, -0.2) is 21.1 Å². The van der Waals surface area contributed by atoms with Gasteiger partial charge in [-0.15, -0.1) is 11.3 Å². The molecule has 2 heterocycles. The average Bonchev–Trinajstić information content (AvgIpc) is 2.99. The van der Waals surface area contributed by atoms with E-state index in [-0.39, 0.29) is 0 Å². The lowest BCUT2D eigenvalue weighted by Crippen LogP contribution is -2.23. The molecule has 1 N–H and O–H groups in total. The molecule has 1 atom stereocenters. The molecule has 0 radical (unpaired) electrons. The van der Waals surface area contributed by atoms with Gasteiger partial charge in [-0.3, -0.25) is 0 Å². The van der Waals surface area contributed by atoms with E-state index in [0.29, 0.717) is 6.04 Å². The van der Waals surface area contributed by atoms with Gasteiger partial charge in [-0.05, 0) is 26.3 Å². The van der Waals surface area contributed by atoms with Gasteiger partial charge in [0, 0.05) is 36.8 Å². The van der Waals surface area contributed by atoms with E-state index in [4.69, 9.17) is 0 Å². The number of rotatable bonds is 7. The third-order valence-electron chi connectivity index (χ3n) is 3.32. The molecule has 0 fully saturated rings. The lowest BCUT2D eigenvalue weighted by Gasteiger charge is -2.17. The SMILES string of the molecule is CCCNC(CCc1nccn1C)c1scnc1C. The van der Waals surface area contributed by atoms with Crippen molar-refractivity contribution in [3.05, 3.63) is 34.3 Å². The third-order valence-corrected chi connectivity index (χ3v) is 4.36. The quantitative estimate of drug-likeness (QED) is 0.847. The van der Waals surface area contributed by atoms with Crippen LogP contribution in [0.5, 0.6) is 0 Å². The van der Waals surface area contributed by atoms with Crippen LogP contribution < -0.4 is 5.32 Å². The second kappa shape index (κ2) is 6.82. The third kappa shape index (κ3) is 3.64. The van der Waals surface area contributed by atoms with Crippen molar-refractivity contribution in [2.75, 3.05) is 6.54 Å². The minimum Gasteiger partial charge on any atom is -0.338 e. The Morgan fingerprint density at radius 1 is 1.42 bits per heavy atom. The summed E-state index contributed by atoms with van der Waals surface area (Å²) in [5.41, 5.74) is 3.09. The summed E-state index contributed by atoms with van der Waals surface area (Å²) in [6.45, 7) is 5.33. The Morgan fingerprint density at radius 3 is 2.84 bits per heavy atom. The van der Waals surface area contributed by atoms with E-state index in [0.717, 1.165) is 37.3 Å². The van der Waals surface area contributed by atoms with Crippen molar-refractivity contribution < 1.29 is 0 Å². The van der Waals surface area contributed by atoms with E-state index in [9.17, 15) is 0 Å². The molecule has 0 aromatic carbocycles. The fraction of sp³-hybridized carbons (Fsp3) is 0.571. The number of aryl methyl sites for hydroxylation is 3. The maximum absolute atomic E-state index is 4.39. The van der Waals surface area contributed by atoms with Gasteiger partial charge in [-0.25, -0.2) is 9.97 Å². The number of hydrogen-bond donors (Lipinski definition) is 1. The number of aromatic nitrogens is 3. The molecule has 19 heavy (non-hydrogen) atoms. The molecular formula is C14H22N4S. The van der Waals surface area contributed by atoms with Crippen molar-refractivity contribution in [2.24, 2.45) is 7.05 Å². The molecule has 0 saturated carbocycles. The van der Waals surface area contributed by atoms with E-state index >= 15 is 0 Å². The Balaban J connectivity index is 2.02. The number of thiazole rings is 1. The minimum atomic E-state index is 0.393. The molecule has 2 rings (SSSR count). The summed E-state index contributed by atoms with van der Waals surface area (Å²) in [5.74, 6) is 1.14. The average molecular weight is 278 g/mol. The zero-order chi connectivity index (χ0) is 13.7. The van der Waals surface area contributed by atoms with Crippen LogP contribution in [0.1, 0.15) is 42.2 Å². The van der Waals surface area contributed by atoms with Gasteiger partial charge < -0.3 is 9.88 Å². The molecule has 0 saturated heterocycles. The van der Waals surface area contributed by atoms with Crippen LogP contribution in [0.2, 0.25) is 0 Å². The first kappa shape index (κ1) is 14.2. The van der Waals surface area contributed by atoms with Crippen molar-refractivity contribution >= 4 is 11.3 Å². The molecular weight excluding hydrogens is 256 g/mol. The number of nitrogens with zero attached hydrogens (tertiary/aromatic N) is 3. The topological polar surface area (TPSA) is 42.7 Å². The number of hydrogen-bond acceptors (Lipinski definition) is 4. The van der Waals surface area contributed by atoms with Crippen LogP contribution in [-0.2, 0) is 13.5 Å². The first-order valence-electron chi connectivity index (χ1n) is 6.82. The Kier molecular flexibility index (Phi) is 5.10. The summed E-state index contributed by atoms with van der Waals surface area (Å²) in [5, 5.41) is 3.63. The van der Waals surface area contributed by atoms with E-state index in [1.54, 1.807) is 11.3 Å². The molecule has 104 valence electrons. The maximum Gasteiger partial charge on any atom is 0.108 e. The van der Waals surface area contributed by atoms with E-state index < -0.39 is 0 Å². The summed E-state index contributed by atoms with van der Waals surface area (Å²) in [7, 11) is 2.05. The summed E-state index contributed by atoms with van der Waals surface area (Å²) in [4.78, 5) is 10.1. The van der Waals surface area contributed by atoms with Crippen LogP contribution in [0.25, 0.3) is 0 Å². The van der Waals surface area contributed by atoms with Crippen LogP contribution in [0.4, 0.5) is 0 Å². The van der Waals surface area contributed by atoms with Crippen LogP contribution in [0.3, 0.4) is 0 Å². The number of imidazole rings is 1. The molecule has 0 amide bonds. The highest BCUT2D eigenvalue weighted by atomic mass is 32.1. The highest BCUT2D eigenvalue weighted by Crippen LogP contribution is 2.25. The Morgan fingerprint density at radius 2 is 2.26 bits per heavy atom. The van der Waals surface area contributed by atoms with Gasteiger partial charge in [-0.1, -0.05) is 6.92 Å². The van der Waals surface area contributed by atoms with Gasteiger partial charge >= 0.3 is 0 Å². The second-order valence-corrected chi connectivity index (χ2v) is 5.69. The molecule has 0 spiro atoms. The van der Waals surface area contributed by atoms with Crippen molar-refractivity contribution in [1.82, 2.24) is 19.9 Å². The van der Waals surface area contributed by atoms with E-state index in [1.807, 2.05) is 17.9 Å². The lowest BCUT2D eigenvalue weighted by atomic mass is 10.1.